The standard InChI is InChI=1S/C17H19FN2/c1-12(14-6-2-8-15(18)11-14)20-16-9-3-5-13-7-4-10-19-17(13)16/h2,4,6-8,10-12,16,20H,3,5,9H2,1H3/t12-,16?/m1/s1. The van der Waals surface area contributed by atoms with E-state index in [0.29, 0.717) is 0 Å². The SMILES string of the molecule is C[C@@H](NC1CCCc2cccnc21)c1cccc(F)c1. The number of pyridine rings is 1. The van der Waals surface area contributed by atoms with Gasteiger partial charge in [0.25, 0.3) is 0 Å². The molecule has 1 heterocycles. The molecule has 1 N–H and O–H groups in total. The Kier molecular flexibility index (Phi) is 3.79. The topological polar surface area (TPSA) is 24.9 Å². The Morgan fingerprint density at radius 2 is 2.20 bits per heavy atom. The Morgan fingerprint density at radius 1 is 1.30 bits per heavy atom. The normalized spacial score (nSPS) is 19.4. The van der Waals surface area contributed by atoms with Crippen LogP contribution in [0.3, 0.4) is 0 Å². The summed E-state index contributed by atoms with van der Waals surface area (Å²) in [5.74, 6) is -0.182. The number of nitrogens with one attached hydrogen (secondary N) is 1. The predicted molar refractivity (Wildman–Crippen MR) is 77.9 cm³/mol. The van der Waals surface area contributed by atoms with Crippen LogP contribution in [0.15, 0.2) is 42.6 Å². The zero-order valence-electron chi connectivity index (χ0n) is 11.6. The number of halogens is 1. The molecular formula is C17H19FN2. The van der Waals surface area contributed by atoms with E-state index in [1.54, 1.807) is 12.1 Å². The van der Waals surface area contributed by atoms with Crippen molar-refractivity contribution in [3.05, 3.63) is 65.2 Å². The maximum absolute atomic E-state index is 13.3. The first kappa shape index (κ1) is 13.3. The lowest BCUT2D eigenvalue weighted by Gasteiger charge is -2.28. The molecule has 104 valence electrons. The van der Waals surface area contributed by atoms with Crippen molar-refractivity contribution in [2.75, 3.05) is 0 Å². The highest BCUT2D eigenvalue weighted by molar-refractivity contribution is 5.26. The first-order valence-corrected chi connectivity index (χ1v) is 7.19. The minimum Gasteiger partial charge on any atom is -0.302 e. The number of aryl methyl sites for hydroxylation is 1. The van der Waals surface area contributed by atoms with Crippen LogP contribution >= 0.6 is 0 Å². The van der Waals surface area contributed by atoms with E-state index < -0.39 is 0 Å². The van der Waals surface area contributed by atoms with Gasteiger partial charge in [0.05, 0.1) is 11.7 Å². The van der Waals surface area contributed by atoms with Gasteiger partial charge in [0.15, 0.2) is 0 Å². The third kappa shape index (κ3) is 2.73. The molecule has 0 amide bonds. The number of aromatic nitrogens is 1. The van der Waals surface area contributed by atoms with Gasteiger partial charge in [-0.2, -0.15) is 0 Å². The minimum atomic E-state index is -0.182. The van der Waals surface area contributed by atoms with Crippen molar-refractivity contribution < 1.29 is 4.39 Å². The second kappa shape index (κ2) is 5.71. The van der Waals surface area contributed by atoms with Crippen LogP contribution in [0.25, 0.3) is 0 Å². The molecule has 0 aliphatic heterocycles. The molecule has 3 rings (SSSR count). The van der Waals surface area contributed by atoms with Crippen molar-refractivity contribution in [1.29, 1.82) is 0 Å². The molecule has 0 spiro atoms. The molecule has 2 aromatic rings. The summed E-state index contributed by atoms with van der Waals surface area (Å²) >= 11 is 0. The van der Waals surface area contributed by atoms with Gasteiger partial charge in [-0.1, -0.05) is 18.2 Å². The van der Waals surface area contributed by atoms with Crippen LogP contribution in [0.5, 0.6) is 0 Å². The van der Waals surface area contributed by atoms with E-state index in [1.165, 1.54) is 18.1 Å². The molecule has 3 heteroatoms. The second-order valence-electron chi connectivity index (χ2n) is 5.44. The largest absolute Gasteiger partial charge is 0.302 e. The van der Waals surface area contributed by atoms with E-state index >= 15 is 0 Å². The highest BCUT2D eigenvalue weighted by Gasteiger charge is 2.22. The molecule has 1 unspecified atom stereocenters. The Bertz CT molecular complexity index is 597. The molecule has 0 radical (unpaired) electrons. The zero-order chi connectivity index (χ0) is 13.9. The van der Waals surface area contributed by atoms with Gasteiger partial charge in [0, 0.05) is 12.2 Å². The smallest absolute Gasteiger partial charge is 0.123 e. The van der Waals surface area contributed by atoms with Crippen molar-refractivity contribution in [1.82, 2.24) is 10.3 Å². The second-order valence-corrected chi connectivity index (χ2v) is 5.44. The number of hydrogen-bond donors (Lipinski definition) is 1. The fourth-order valence-electron chi connectivity index (χ4n) is 2.95. The molecule has 0 bridgehead atoms. The lowest BCUT2D eigenvalue weighted by molar-refractivity contribution is 0.405. The monoisotopic (exact) mass is 270 g/mol. The highest BCUT2D eigenvalue weighted by atomic mass is 19.1. The van der Waals surface area contributed by atoms with Crippen molar-refractivity contribution in [3.63, 3.8) is 0 Å². The van der Waals surface area contributed by atoms with E-state index in [2.05, 4.69) is 23.3 Å². The van der Waals surface area contributed by atoms with E-state index in [9.17, 15) is 4.39 Å². The summed E-state index contributed by atoms with van der Waals surface area (Å²) in [7, 11) is 0. The van der Waals surface area contributed by atoms with Crippen LogP contribution < -0.4 is 5.32 Å². The molecule has 0 saturated heterocycles. The highest BCUT2D eigenvalue weighted by Crippen LogP contribution is 2.30. The molecule has 1 aliphatic carbocycles. The lowest BCUT2D eigenvalue weighted by atomic mass is 9.91. The number of rotatable bonds is 3. The number of fused-ring (bicyclic) bond motifs is 1. The van der Waals surface area contributed by atoms with Crippen LogP contribution in [-0.2, 0) is 6.42 Å². The summed E-state index contributed by atoms with van der Waals surface area (Å²) in [4.78, 5) is 4.53. The average molecular weight is 270 g/mol. The summed E-state index contributed by atoms with van der Waals surface area (Å²) < 4.78 is 13.3. The van der Waals surface area contributed by atoms with Crippen LogP contribution in [0.2, 0.25) is 0 Å². The minimum absolute atomic E-state index is 0.114. The van der Waals surface area contributed by atoms with Gasteiger partial charge >= 0.3 is 0 Å². The molecule has 0 fully saturated rings. The van der Waals surface area contributed by atoms with E-state index in [-0.39, 0.29) is 17.9 Å². The van der Waals surface area contributed by atoms with E-state index in [0.717, 1.165) is 24.1 Å². The van der Waals surface area contributed by atoms with Crippen molar-refractivity contribution in [2.24, 2.45) is 0 Å². The summed E-state index contributed by atoms with van der Waals surface area (Å²) in [6.45, 7) is 2.08. The van der Waals surface area contributed by atoms with Gasteiger partial charge in [-0.15, -0.1) is 0 Å². The Hall–Kier alpha value is -1.74. The molecular weight excluding hydrogens is 251 g/mol. The third-order valence-corrected chi connectivity index (χ3v) is 3.99. The molecule has 0 saturated carbocycles. The number of nitrogens with zero attached hydrogens (tertiary/aromatic N) is 1. The van der Waals surface area contributed by atoms with Gasteiger partial charge in [-0.05, 0) is 55.5 Å². The van der Waals surface area contributed by atoms with Crippen molar-refractivity contribution >= 4 is 0 Å². The molecule has 2 atom stereocenters. The van der Waals surface area contributed by atoms with Gasteiger partial charge in [0.1, 0.15) is 5.82 Å². The Labute approximate surface area is 119 Å². The molecule has 1 aromatic carbocycles. The van der Waals surface area contributed by atoms with Crippen LogP contribution in [0.1, 0.15) is 48.7 Å². The zero-order valence-corrected chi connectivity index (χ0v) is 11.6. The predicted octanol–water partition coefficient (Wildman–Crippen LogP) is 3.95. The molecule has 1 aliphatic rings. The van der Waals surface area contributed by atoms with Crippen molar-refractivity contribution in [3.8, 4) is 0 Å². The van der Waals surface area contributed by atoms with E-state index in [1.807, 2.05) is 18.3 Å². The molecule has 1 aromatic heterocycles. The first-order chi connectivity index (χ1) is 9.74. The van der Waals surface area contributed by atoms with Crippen LogP contribution in [-0.4, -0.2) is 4.98 Å². The lowest BCUT2D eigenvalue weighted by Crippen LogP contribution is -2.28. The molecule has 20 heavy (non-hydrogen) atoms. The summed E-state index contributed by atoms with van der Waals surface area (Å²) in [5, 5.41) is 3.59. The maximum atomic E-state index is 13.3. The first-order valence-electron chi connectivity index (χ1n) is 7.19. The fourth-order valence-corrected chi connectivity index (χ4v) is 2.95. The summed E-state index contributed by atoms with van der Waals surface area (Å²) in [5.41, 5.74) is 3.47. The van der Waals surface area contributed by atoms with Gasteiger partial charge in [0.2, 0.25) is 0 Å². The van der Waals surface area contributed by atoms with E-state index in [4.69, 9.17) is 0 Å². The summed E-state index contributed by atoms with van der Waals surface area (Å²) in [6.07, 6.45) is 5.22. The summed E-state index contributed by atoms with van der Waals surface area (Å²) in [6, 6.07) is 11.3. The average Bonchev–Trinajstić information content (AvgIpc) is 2.47. The van der Waals surface area contributed by atoms with Gasteiger partial charge in [-0.3, -0.25) is 4.98 Å². The third-order valence-electron chi connectivity index (χ3n) is 3.99. The van der Waals surface area contributed by atoms with Gasteiger partial charge < -0.3 is 5.32 Å². The van der Waals surface area contributed by atoms with Gasteiger partial charge in [-0.25, -0.2) is 4.39 Å². The number of hydrogen-bond acceptors (Lipinski definition) is 2. The number of benzene rings is 1. The fraction of sp³-hybridized carbons (Fsp3) is 0.353. The van der Waals surface area contributed by atoms with Crippen LogP contribution in [0.4, 0.5) is 4.39 Å². The molecule has 2 nitrogen and oxygen atoms in total. The Balaban J connectivity index is 1.79. The Morgan fingerprint density at radius 3 is 3.05 bits per heavy atom. The van der Waals surface area contributed by atoms with Crippen molar-refractivity contribution in [2.45, 2.75) is 38.3 Å². The van der Waals surface area contributed by atoms with Crippen LogP contribution in [0, 0.1) is 5.82 Å². The maximum Gasteiger partial charge on any atom is 0.123 e. The quantitative estimate of drug-likeness (QED) is 0.913.